The van der Waals surface area contributed by atoms with Gasteiger partial charge in [0.05, 0.1) is 17.4 Å². The van der Waals surface area contributed by atoms with Gasteiger partial charge in [0.1, 0.15) is 16.8 Å². The van der Waals surface area contributed by atoms with E-state index in [2.05, 4.69) is 15.4 Å². The molecule has 0 atom stereocenters. The second-order valence-corrected chi connectivity index (χ2v) is 5.64. The fourth-order valence-electron chi connectivity index (χ4n) is 2.23. The Morgan fingerprint density at radius 2 is 2.04 bits per heavy atom. The van der Waals surface area contributed by atoms with Crippen LogP contribution in [0.15, 0.2) is 54.9 Å². The minimum absolute atomic E-state index is 0.138. The van der Waals surface area contributed by atoms with E-state index in [1.54, 1.807) is 24.3 Å². The molecule has 0 saturated heterocycles. The van der Waals surface area contributed by atoms with Crippen molar-refractivity contribution in [3.05, 3.63) is 71.1 Å². The summed E-state index contributed by atoms with van der Waals surface area (Å²) < 4.78 is 6.38. The lowest BCUT2D eigenvalue weighted by atomic mass is 10.3. The van der Waals surface area contributed by atoms with Crippen LogP contribution in [0.2, 0.25) is 5.15 Å². The van der Waals surface area contributed by atoms with Crippen molar-refractivity contribution in [3.8, 4) is 11.8 Å². The number of para-hydroxylation sites is 1. The number of ether oxygens (including phenoxy) is 1. The Morgan fingerprint density at radius 1 is 1.26 bits per heavy atom. The lowest BCUT2D eigenvalue weighted by Crippen LogP contribution is -2.23. The van der Waals surface area contributed by atoms with Crippen molar-refractivity contribution >= 4 is 29.3 Å². The third-order valence-corrected chi connectivity index (χ3v) is 3.65. The number of carbonyl (C=O) groups is 2. The first-order chi connectivity index (χ1) is 13.1. The molecule has 3 aromatic rings. The highest BCUT2D eigenvalue weighted by Gasteiger charge is 2.17. The van der Waals surface area contributed by atoms with Crippen molar-refractivity contribution in [1.29, 1.82) is 5.26 Å². The van der Waals surface area contributed by atoms with E-state index in [1.807, 2.05) is 12.1 Å². The number of esters is 1. The van der Waals surface area contributed by atoms with Crippen LogP contribution in [-0.2, 0) is 9.53 Å². The minimum atomic E-state index is -0.716. The number of nitrogens with zero attached hydrogens (tertiary/aromatic N) is 4. The van der Waals surface area contributed by atoms with Gasteiger partial charge in [-0.25, -0.2) is 14.5 Å². The Kier molecular flexibility index (Phi) is 5.44. The molecule has 0 saturated carbocycles. The van der Waals surface area contributed by atoms with E-state index >= 15 is 0 Å². The lowest BCUT2D eigenvalue weighted by Gasteiger charge is -2.10. The van der Waals surface area contributed by atoms with Gasteiger partial charge in [0.15, 0.2) is 12.4 Å². The number of nitriles is 1. The van der Waals surface area contributed by atoms with Crippen LogP contribution in [0.5, 0.6) is 0 Å². The molecule has 8 nitrogen and oxygen atoms in total. The van der Waals surface area contributed by atoms with Crippen molar-refractivity contribution < 1.29 is 14.3 Å². The standard InChI is InChI=1S/C18H12ClN5O3/c19-15-8-12(6-7-21-15)18(26)27-11-16(25)23-17-13(9-20)10-22-24(17)14-4-2-1-3-5-14/h1-8,10H,11H2,(H,23,25). The Labute approximate surface area is 159 Å². The van der Waals surface area contributed by atoms with Crippen LogP contribution >= 0.6 is 11.6 Å². The van der Waals surface area contributed by atoms with Crippen molar-refractivity contribution in [3.63, 3.8) is 0 Å². The summed E-state index contributed by atoms with van der Waals surface area (Å²) >= 11 is 5.72. The summed E-state index contributed by atoms with van der Waals surface area (Å²) in [5.74, 6) is -1.14. The highest BCUT2D eigenvalue weighted by atomic mass is 35.5. The first-order valence-corrected chi connectivity index (χ1v) is 8.08. The van der Waals surface area contributed by atoms with E-state index in [9.17, 15) is 14.9 Å². The molecule has 0 spiro atoms. The molecule has 0 aliphatic rings. The molecule has 0 unspecified atom stereocenters. The van der Waals surface area contributed by atoms with Gasteiger partial charge in [0.2, 0.25) is 0 Å². The Balaban J connectivity index is 1.70. The molecule has 9 heteroatoms. The number of carbonyl (C=O) groups excluding carboxylic acids is 2. The number of aromatic nitrogens is 3. The molecule has 2 heterocycles. The summed E-state index contributed by atoms with van der Waals surface area (Å²) in [6, 6.07) is 13.7. The predicted molar refractivity (Wildman–Crippen MR) is 96.4 cm³/mol. The van der Waals surface area contributed by atoms with Gasteiger partial charge in [-0.15, -0.1) is 0 Å². The molecule has 0 radical (unpaired) electrons. The van der Waals surface area contributed by atoms with E-state index in [0.717, 1.165) is 0 Å². The van der Waals surface area contributed by atoms with Gasteiger partial charge < -0.3 is 10.1 Å². The minimum Gasteiger partial charge on any atom is -0.452 e. The van der Waals surface area contributed by atoms with Gasteiger partial charge in [0, 0.05) is 6.20 Å². The van der Waals surface area contributed by atoms with E-state index < -0.39 is 18.5 Å². The van der Waals surface area contributed by atoms with Crippen LogP contribution in [0.3, 0.4) is 0 Å². The molecule has 134 valence electrons. The number of rotatable bonds is 5. The number of halogens is 1. The second-order valence-electron chi connectivity index (χ2n) is 5.26. The van der Waals surface area contributed by atoms with Gasteiger partial charge in [-0.05, 0) is 24.3 Å². The number of benzene rings is 1. The topological polar surface area (TPSA) is 110 Å². The molecule has 0 aliphatic carbocycles. The van der Waals surface area contributed by atoms with E-state index in [-0.39, 0.29) is 22.1 Å². The summed E-state index contributed by atoms with van der Waals surface area (Å²) in [5, 5.41) is 16.0. The first-order valence-electron chi connectivity index (χ1n) is 7.70. The maximum atomic E-state index is 12.2. The van der Waals surface area contributed by atoms with Crippen molar-refractivity contribution in [2.45, 2.75) is 0 Å². The SMILES string of the molecule is N#Cc1cnn(-c2ccccc2)c1NC(=O)COC(=O)c1ccnc(Cl)c1. The van der Waals surface area contributed by atoms with Crippen LogP contribution in [0, 0.1) is 11.3 Å². The highest BCUT2D eigenvalue weighted by Crippen LogP contribution is 2.19. The maximum absolute atomic E-state index is 12.2. The second kappa shape index (κ2) is 8.12. The van der Waals surface area contributed by atoms with Crippen molar-refractivity contribution in [2.75, 3.05) is 11.9 Å². The molecule has 2 aromatic heterocycles. The van der Waals surface area contributed by atoms with Crippen LogP contribution in [0.1, 0.15) is 15.9 Å². The van der Waals surface area contributed by atoms with Crippen LogP contribution in [0.4, 0.5) is 5.82 Å². The first kappa shape index (κ1) is 18.1. The number of hydrogen-bond donors (Lipinski definition) is 1. The fourth-order valence-corrected chi connectivity index (χ4v) is 2.40. The predicted octanol–water partition coefficient (Wildman–Crippen LogP) is 2.59. The number of hydrogen-bond acceptors (Lipinski definition) is 6. The molecular formula is C18H12ClN5O3. The zero-order valence-electron chi connectivity index (χ0n) is 13.8. The lowest BCUT2D eigenvalue weighted by molar-refractivity contribution is -0.119. The van der Waals surface area contributed by atoms with Gasteiger partial charge in [0.25, 0.3) is 5.91 Å². The number of anilines is 1. The molecule has 1 aromatic carbocycles. The smallest absolute Gasteiger partial charge is 0.338 e. The summed E-state index contributed by atoms with van der Waals surface area (Å²) in [4.78, 5) is 27.9. The largest absolute Gasteiger partial charge is 0.452 e. The molecule has 27 heavy (non-hydrogen) atoms. The zero-order chi connectivity index (χ0) is 19.2. The molecule has 0 aliphatic heterocycles. The average Bonchev–Trinajstić information content (AvgIpc) is 3.09. The Bertz CT molecular complexity index is 1030. The van der Waals surface area contributed by atoms with Gasteiger partial charge in [-0.1, -0.05) is 29.8 Å². The third-order valence-electron chi connectivity index (χ3n) is 3.44. The highest BCUT2D eigenvalue weighted by molar-refractivity contribution is 6.29. The van der Waals surface area contributed by atoms with Crippen molar-refractivity contribution in [1.82, 2.24) is 14.8 Å². The fraction of sp³-hybridized carbons (Fsp3) is 0.0556. The molecule has 1 N–H and O–H groups in total. The molecule has 3 rings (SSSR count). The normalized spacial score (nSPS) is 10.1. The van der Waals surface area contributed by atoms with Crippen LogP contribution < -0.4 is 5.32 Å². The number of amides is 1. The van der Waals surface area contributed by atoms with E-state index in [1.165, 1.54) is 29.2 Å². The molecule has 0 bridgehead atoms. The monoisotopic (exact) mass is 381 g/mol. The van der Waals surface area contributed by atoms with Gasteiger partial charge >= 0.3 is 5.97 Å². The molecular weight excluding hydrogens is 370 g/mol. The Hall–Kier alpha value is -3.70. The summed E-state index contributed by atoms with van der Waals surface area (Å²) in [7, 11) is 0. The maximum Gasteiger partial charge on any atom is 0.338 e. The summed E-state index contributed by atoms with van der Waals surface area (Å²) in [6.45, 7) is -0.538. The molecule has 1 amide bonds. The van der Waals surface area contributed by atoms with Crippen LogP contribution in [0.25, 0.3) is 5.69 Å². The van der Waals surface area contributed by atoms with Crippen molar-refractivity contribution in [2.24, 2.45) is 0 Å². The average molecular weight is 382 g/mol. The quantitative estimate of drug-likeness (QED) is 0.537. The van der Waals surface area contributed by atoms with Gasteiger partial charge in [-0.2, -0.15) is 10.4 Å². The zero-order valence-corrected chi connectivity index (χ0v) is 14.6. The molecule has 0 fully saturated rings. The van der Waals surface area contributed by atoms with Crippen LogP contribution in [-0.4, -0.2) is 33.2 Å². The number of nitrogens with one attached hydrogen (secondary N) is 1. The van der Waals surface area contributed by atoms with Gasteiger partial charge in [-0.3, -0.25) is 4.79 Å². The number of pyridine rings is 1. The Morgan fingerprint density at radius 3 is 2.74 bits per heavy atom. The van der Waals surface area contributed by atoms with E-state index in [0.29, 0.717) is 5.69 Å². The summed E-state index contributed by atoms with van der Waals surface area (Å²) in [5.41, 5.74) is 1.02. The summed E-state index contributed by atoms with van der Waals surface area (Å²) in [6.07, 6.45) is 2.70. The third kappa shape index (κ3) is 4.29. The van der Waals surface area contributed by atoms with E-state index in [4.69, 9.17) is 16.3 Å².